The van der Waals surface area contributed by atoms with Crippen molar-refractivity contribution in [2.45, 2.75) is 45.1 Å². The minimum absolute atomic E-state index is 0.108. The number of hydrogen-bond acceptors (Lipinski definition) is 4. The van der Waals surface area contributed by atoms with Crippen LogP contribution in [0.25, 0.3) is 0 Å². The van der Waals surface area contributed by atoms with Crippen LogP contribution in [-0.4, -0.2) is 73.9 Å². The summed E-state index contributed by atoms with van der Waals surface area (Å²) in [5, 5.41) is 12.9. The van der Waals surface area contributed by atoms with Crippen molar-refractivity contribution in [1.29, 1.82) is 0 Å². The molecular weight excluding hydrogens is 250 g/mol. The Kier molecular flexibility index (Phi) is 8.03. The van der Waals surface area contributed by atoms with Gasteiger partial charge in [-0.05, 0) is 78.8 Å². The third-order valence-electron chi connectivity index (χ3n) is 4.63. The van der Waals surface area contributed by atoms with Crippen LogP contribution >= 0.6 is 0 Å². The van der Waals surface area contributed by atoms with E-state index in [4.69, 9.17) is 0 Å². The maximum Gasteiger partial charge on any atom is 0.0610 e. The van der Waals surface area contributed by atoms with Gasteiger partial charge in [-0.25, -0.2) is 0 Å². The Hall–Kier alpha value is -0.160. The Morgan fingerprint density at radius 1 is 1.35 bits per heavy atom. The van der Waals surface area contributed by atoms with Crippen LogP contribution < -0.4 is 5.32 Å². The molecule has 0 aliphatic carbocycles. The van der Waals surface area contributed by atoms with Crippen LogP contribution in [0.2, 0.25) is 0 Å². The van der Waals surface area contributed by atoms with Gasteiger partial charge in [0.15, 0.2) is 0 Å². The van der Waals surface area contributed by atoms with Crippen molar-refractivity contribution < 1.29 is 5.11 Å². The molecule has 4 nitrogen and oxygen atoms in total. The molecule has 2 N–H and O–H groups in total. The van der Waals surface area contributed by atoms with Crippen LogP contribution in [0.5, 0.6) is 0 Å². The van der Waals surface area contributed by atoms with E-state index < -0.39 is 0 Å². The quantitative estimate of drug-likeness (QED) is 0.672. The summed E-state index contributed by atoms with van der Waals surface area (Å²) in [6.45, 7) is 10.2. The molecule has 1 rings (SSSR count). The standard InChI is InChI=1S/C16H35N3O/c1-5-17-16(2,14-20)9-6-10-19(4)13-15-7-11-18(3)12-8-15/h15,17,20H,5-14H2,1-4H3. The molecule has 0 spiro atoms. The fraction of sp³-hybridized carbons (Fsp3) is 1.00. The first-order chi connectivity index (χ1) is 9.49. The van der Waals surface area contributed by atoms with Crippen LogP contribution in [0.15, 0.2) is 0 Å². The summed E-state index contributed by atoms with van der Waals surface area (Å²) in [6, 6.07) is 0. The first-order valence-electron chi connectivity index (χ1n) is 8.22. The molecule has 1 heterocycles. The van der Waals surface area contributed by atoms with Gasteiger partial charge in [-0.2, -0.15) is 0 Å². The summed E-state index contributed by atoms with van der Waals surface area (Å²) < 4.78 is 0. The number of aliphatic hydroxyl groups is 1. The molecule has 0 amide bonds. The lowest BCUT2D eigenvalue weighted by Crippen LogP contribution is -2.46. The number of likely N-dealkylation sites (N-methyl/N-ethyl adjacent to an activating group) is 1. The predicted molar refractivity (Wildman–Crippen MR) is 86.1 cm³/mol. The highest BCUT2D eigenvalue weighted by Crippen LogP contribution is 2.17. The monoisotopic (exact) mass is 285 g/mol. The van der Waals surface area contributed by atoms with Crippen molar-refractivity contribution >= 4 is 0 Å². The molecule has 1 fully saturated rings. The van der Waals surface area contributed by atoms with Gasteiger partial charge in [0.25, 0.3) is 0 Å². The van der Waals surface area contributed by atoms with Crippen molar-refractivity contribution in [3.8, 4) is 0 Å². The number of rotatable bonds is 9. The van der Waals surface area contributed by atoms with Crippen LogP contribution in [0, 0.1) is 5.92 Å². The Morgan fingerprint density at radius 2 is 2.00 bits per heavy atom. The van der Waals surface area contributed by atoms with E-state index in [0.29, 0.717) is 0 Å². The van der Waals surface area contributed by atoms with Crippen LogP contribution in [0.4, 0.5) is 0 Å². The lowest BCUT2D eigenvalue weighted by Gasteiger charge is -2.32. The summed E-state index contributed by atoms with van der Waals surface area (Å²) >= 11 is 0. The topological polar surface area (TPSA) is 38.7 Å². The fourth-order valence-corrected chi connectivity index (χ4v) is 3.17. The van der Waals surface area contributed by atoms with Crippen molar-refractivity contribution in [3.63, 3.8) is 0 Å². The minimum Gasteiger partial charge on any atom is -0.394 e. The van der Waals surface area contributed by atoms with Gasteiger partial charge in [0.1, 0.15) is 0 Å². The molecule has 1 aliphatic rings. The third-order valence-corrected chi connectivity index (χ3v) is 4.63. The Morgan fingerprint density at radius 3 is 2.55 bits per heavy atom. The molecule has 4 heteroatoms. The largest absolute Gasteiger partial charge is 0.394 e. The van der Waals surface area contributed by atoms with Gasteiger partial charge >= 0.3 is 0 Å². The van der Waals surface area contributed by atoms with E-state index in [-0.39, 0.29) is 12.1 Å². The van der Waals surface area contributed by atoms with E-state index >= 15 is 0 Å². The highest BCUT2D eigenvalue weighted by atomic mass is 16.3. The first kappa shape index (κ1) is 17.9. The number of aliphatic hydroxyl groups excluding tert-OH is 1. The molecule has 0 saturated carbocycles. The second-order valence-electron chi connectivity index (χ2n) is 6.86. The highest BCUT2D eigenvalue weighted by molar-refractivity contribution is 4.82. The summed E-state index contributed by atoms with van der Waals surface area (Å²) in [5.41, 5.74) is -0.108. The normalized spacial score (nSPS) is 21.3. The molecular formula is C16H35N3O. The number of nitrogens with zero attached hydrogens (tertiary/aromatic N) is 2. The van der Waals surface area contributed by atoms with E-state index in [0.717, 1.165) is 31.8 Å². The van der Waals surface area contributed by atoms with Gasteiger partial charge in [-0.15, -0.1) is 0 Å². The second kappa shape index (κ2) is 8.98. The van der Waals surface area contributed by atoms with Crippen LogP contribution in [0.3, 0.4) is 0 Å². The Balaban J connectivity index is 2.17. The lowest BCUT2D eigenvalue weighted by molar-refractivity contribution is 0.151. The number of nitrogens with one attached hydrogen (secondary N) is 1. The van der Waals surface area contributed by atoms with E-state index in [1.165, 1.54) is 32.5 Å². The maximum atomic E-state index is 9.49. The molecule has 1 unspecified atom stereocenters. The molecule has 120 valence electrons. The highest BCUT2D eigenvalue weighted by Gasteiger charge is 2.22. The second-order valence-corrected chi connectivity index (χ2v) is 6.86. The maximum absolute atomic E-state index is 9.49. The molecule has 0 bridgehead atoms. The van der Waals surface area contributed by atoms with E-state index in [2.05, 4.69) is 43.1 Å². The van der Waals surface area contributed by atoms with Gasteiger partial charge < -0.3 is 20.2 Å². The molecule has 1 saturated heterocycles. The number of likely N-dealkylation sites (tertiary alicyclic amines) is 1. The molecule has 0 aromatic rings. The van der Waals surface area contributed by atoms with Crippen molar-refractivity contribution in [3.05, 3.63) is 0 Å². The first-order valence-corrected chi connectivity index (χ1v) is 8.22. The molecule has 1 atom stereocenters. The zero-order chi connectivity index (χ0) is 15.0. The summed E-state index contributed by atoms with van der Waals surface area (Å²) in [4.78, 5) is 4.90. The van der Waals surface area contributed by atoms with Gasteiger partial charge in [-0.3, -0.25) is 0 Å². The van der Waals surface area contributed by atoms with E-state index in [9.17, 15) is 5.11 Å². The van der Waals surface area contributed by atoms with Gasteiger partial charge in [0.2, 0.25) is 0 Å². The number of hydrogen-bond donors (Lipinski definition) is 2. The lowest BCUT2D eigenvalue weighted by atomic mass is 9.95. The zero-order valence-electron chi connectivity index (χ0n) is 14.0. The summed E-state index contributed by atoms with van der Waals surface area (Å²) in [6.07, 6.45) is 4.86. The smallest absolute Gasteiger partial charge is 0.0610 e. The molecule has 0 aromatic carbocycles. The van der Waals surface area contributed by atoms with Crippen LogP contribution in [-0.2, 0) is 0 Å². The van der Waals surface area contributed by atoms with Gasteiger partial charge in [0, 0.05) is 12.1 Å². The number of piperidine rings is 1. The van der Waals surface area contributed by atoms with Crippen LogP contribution in [0.1, 0.15) is 39.5 Å². The average molecular weight is 285 g/mol. The predicted octanol–water partition coefficient (Wildman–Crippen LogP) is 1.40. The zero-order valence-corrected chi connectivity index (χ0v) is 14.0. The van der Waals surface area contributed by atoms with Crippen molar-refractivity contribution in [2.75, 3.05) is 53.4 Å². The molecule has 20 heavy (non-hydrogen) atoms. The van der Waals surface area contributed by atoms with Crippen molar-refractivity contribution in [2.24, 2.45) is 5.92 Å². The van der Waals surface area contributed by atoms with Gasteiger partial charge in [0.05, 0.1) is 6.61 Å². The van der Waals surface area contributed by atoms with Crippen molar-refractivity contribution in [1.82, 2.24) is 15.1 Å². The molecule has 0 aromatic heterocycles. The fourth-order valence-electron chi connectivity index (χ4n) is 3.17. The Labute approximate surface area is 125 Å². The minimum atomic E-state index is -0.108. The molecule has 0 radical (unpaired) electrons. The van der Waals surface area contributed by atoms with Gasteiger partial charge in [-0.1, -0.05) is 6.92 Å². The van der Waals surface area contributed by atoms with E-state index in [1.54, 1.807) is 0 Å². The van der Waals surface area contributed by atoms with E-state index in [1.807, 2.05) is 0 Å². The summed E-state index contributed by atoms with van der Waals surface area (Å²) in [7, 11) is 4.46. The molecule has 1 aliphatic heterocycles. The SMILES string of the molecule is CCNC(C)(CO)CCCN(C)CC1CCN(C)CC1. The summed E-state index contributed by atoms with van der Waals surface area (Å²) in [5.74, 6) is 0.870. The average Bonchev–Trinajstić information content (AvgIpc) is 2.42. The third kappa shape index (κ3) is 6.53. The Bertz CT molecular complexity index is 254.